The Hall–Kier alpha value is -2.06. The number of furan rings is 1. The predicted molar refractivity (Wildman–Crippen MR) is 118 cm³/mol. The first-order valence-corrected chi connectivity index (χ1v) is 11.9. The van der Waals surface area contributed by atoms with Crippen LogP contribution >= 0.6 is 23.1 Å². The van der Waals surface area contributed by atoms with Crippen LogP contribution in [0.3, 0.4) is 0 Å². The molecule has 1 aliphatic carbocycles. The third kappa shape index (κ3) is 4.28. The summed E-state index contributed by atoms with van der Waals surface area (Å²) >= 11 is 3.11. The van der Waals surface area contributed by atoms with E-state index in [2.05, 4.69) is 9.97 Å². The Bertz CT molecular complexity index is 1100. The Balaban J connectivity index is 1.39. The Kier molecular flexibility index (Phi) is 5.83. The molecule has 1 amide bonds. The van der Waals surface area contributed by atoms with Crippen LogP contribution in [0.1, 0.15) is 48.1 Å². The van der Waals surface area contributed by atoms with E-state index in [0.717, 1.165) is 41.0 Å². The van der Waals surface area contributed by atoms with E-state index in [4.69, 9.17) is 4.42 Å². The molecule has 0 fully saturated rings. The smallest absolute Gasteiger partial charge is 0.259 e. The number of nitrogens with zero attached hydrogens (tertiary/aromatic N) is 2. The first kappa shape index (κ1) is 20.2. The lowest BCUT2D eigenvalue weighted by molar-refractivity contribution is -0.130. The van der Waals surface area contributed by atoms with Crippen LogP contribution in [0.15, 0.2) is 21.3 Å². The van der Waals surface area contributed by atoms with E-state index in [0.29, 0.717) is 23.9 Å². The first-order valence-electron chi connectivity index (χ1n) is 9.88. The molecule has 0 unspecified atom stereocenters. The number of hydrogen-bond donors (Lipinski definition) is 1. The average Bonchev–Trinajstić information content (AvgIpc) is 3.34. The zero-order valence-electron chi connectivity index (χ0n) is 16.9. The molecule has 8 heteroatoms. The second kappa shape index (κ2) is 8.36. The summed E-state index contributed by atoms with van der Waals surface area (Å²) in [5.74, 6) is 3.16. The highest BCUT2D eigenvalue weighted by Crippen LogP contribution is 2.34. The van der Waals surface area contributed by atoms with Crippen molar-refractivity contribution < 1.29 is 9.21 Å². The zero-order chi connectivity index (χ0) is 20.5. The number of hydrogen-bond acceptors (Lipinski definition) is 6. The van der Waals surface area contributed by atoms with Gasteiger partial charge < -0.3 is 14.3 Å². The Labute approximate surface area is 177 Å². The molecule has 3 aromatic rings. The number of thioether (sulfide) groups is 1. The molecule has 0 bridgehead atoms. The number of fused-ring (bicyclic) bond motifs is 3. The normalized spacial score (nSPS) is 13.4. The summed E-state index contributed by atoms with van der Waals surface area (Å²) in [4.78, 5) is 36.8. The highest BCUT2D eigenvalue weighted by atomic mass is 32.2. The third-order valence-electron chi connectivity index (χ3n) is 5.15. The number of carbonyl (C=O) groups excluding carboxylic acids is 1. The molecule has 4 rings (SSSR count). The first-order chi connectivity index (χ1) is 13.9. The van der Waals surface area contributed by atoms with Gasteiger partial charge in [0, 0.05) is 10.9 Å². The maximum absolute atomic E-state index is 12.7. The van der Waals surface area contributed by atoms with Gasteiger partial charge in [0.1, 0.15) is 22.2 Å². The summed E-state index contributed by atoms with van der Waals surface area (Å²) < 4.78 is 5.62. The van der Waals surface area contributed by atoms with Crippen LogP contribution in [0, 0.1) is 6.92 Å². The summed E-state index contributed by atoms with van der Waals surface area (Å²) in [7, 11) is 0. The van der Waals surface area contributed by atoms with Gasteiger partial charge in [0.25, 0.3) is 5.56 Å². The van der Waals surface area contributed by atoms with Gasteiger partial charge in [-0.05, 0) is 57.7 Å². The van der Waals surface area contributed by atoms with Gasteiger partial charge in [-0.15, -0.1) is 23.1 Å². The molecule has 154 valence electrons. The molecule has 29 heavy (non-hydrogen) atoms. The van der Waals surface area contributed by atoms with Gasteiger partial charge in [-0.2, -0.15) is 0 Å². The fourth-order valence-corrected chi connectivity index (χ4v) is 5.78. The molecule has 0 radical (unpaired) electrons. The summed E-state index contributed by atoms with van der Waals surface area (Å²) in [5, 5.41) is 0.770. The SMILES string of the molecule is Cc1ccc(CN(C(=O)CSCc2nc3sc4c(c3c(=O)[nH]2)CCC4)C(C)C)o1. The van der Waals surface area contributed by atoms with Gasteiger partial charge in [-0.3, -0.25) is 9.59 Å². The number of H-pyrrole nitrogens is 1. The van der Waals surface area contributed by atoms with E-state index in [1.807, 2.05) is 37.8 Å². The lowest BCUT2D eigenvalue weighted by Gasteiger charge is -2.25. The minimum atomic E-state index is -0.0478. The number of rotatable bonds is 7. The number of carbonyl (C=O) groups is 1. The molecule has 3 heterocycles. The fraction of sp³-hybridized carbons (Fsp3) is 0.476. The van der Waals surface area contributed by atoms with E-state index in [1.54, 1.807) is 11.3 Å². The third-order valence-corrected chi connectivity index (χ3v) is 7.27. The number of aryl methyl sites for hydroxylation is 3. The lowest BCUT2D eigenvalue weighted by atomic mass is 10.2. The van der Waals surface area contributed by atoms with Crippen molar-refractivity contribution in [2.45, 2.75) is 58.4 Å². The standard InChI is InChI=1S/C21H25N3O3S2/c1-12(2)24(9-14-8-7-13(3)27-14)18(25)11-28-10-17-22-20(26)19-15-5-4-6-16(15)29-21(19)23-17/h7-8,12H,4-6,9-11H2,1-3H3,(H,22,23,26). The number of thiophene rings is 1. The largest absolute Gasteiger partial charge is 0.464 e. The molecule has 0 saturated heterocycles. The van der Waals surface area contributed by atoms with Gasteiger partial charge in [-0.1, -0.05) is 0 Å². The Morgan fingerprint density at radius 3 is 2.93 bits per heavy atom. The average molecular weight is 432 g/mol. The van der Waals surface area contributed by atoms with E-state index < -0.39 is 0 Å². The topological polar surface area (TPSA) is 79.2 Å². The van der Waals surface area contributed by atoms with Gasteiger partial charge in [0.05, 0.1) is 23.4 Å². The van der Waals surface area contributed by atoms with E-state index in [-0.39, 0.29) is 17.5 Å². The molecule has 6 nitrogen and oxygen atoms in total. The molecule has 1 N–H and O–H groups in total. The van der Waals surface area contributed by atoms with Crippen LogP contribution in [-0.2, 0) is 29.9 Å². The molecular weight excluding hydrogens is 406 g/mol. The zero-order valence-corrected chi connectivity index (χ0v) is 18.5. The second-order valence-corrected chi connectivity index (χ2v) is 9.74. The van der Waals surface area contributed by atoms with E-state index in [1.165, 1.54) is 22.2 Å². The monoisotopic (exact) mass is 431 g/mol. The molecule has 1 aliphatic rings. The molecule has 0 aliphatic heterocycles. The second-order valence-electron chi connectivity index (χ2n) is 7.67. The van der Waals surface area contributed by atoms with Crippen LogP contribution in [0.5, 0.6) is 0 Å². The van der Waals surface area contributed by atoms with Crippen molar-refractivity contribution in [3.63, 3.8) is 0 Å². The Morgan fingerprint density at radius 2 is 2.21 bits per heavy atom. The molecule has 0 aromatic carbocycles. The minimum Gasteiger partial charge on any atom is -0.464 e. The number of nitrogens with one attached hydrogen (secondary N) is 1. The highest BCUT2D eigenvalue weighted by Gasteiger charge is 2.22. The number of amides is 1. The van der Waals surface area contributed by atoms with E-state index >= 15 is 0 Å². The molecule has 0 atom stereocenters. The predicted octanol–water partition coefficient (Wildman–Crippen LogP) is 4.05. The highest BCUT2D eigenvalue weighted by molar-refractivity contribution is 7.99. The van der Waals surface area contributed by atoms with Crippen molar-refractivity contribution in [1.82, 2.24) is 14.9 Å². The Morgan fingerprint density at radius 1 is 1.38 bits per heavy atom. The van der Waals surface area contributed by atoms with Gasteiger partial charge >= 0.3 is 0 Å². The minimum absolute atomic E-state index is 0.0478. The fourth-order valence-electron chi connectivity index (χ4n) is 3.73. The van der Waals surface area contributed by atoms with Crippen molar-refractivity contribution in [3.05, 3.63) is 50.3 Å². The van der Waals surface area contributed by atoms with E-state index in [9.17, 15) is 9.59 Å². The van der Waals surface area contributed by atoms with Crippen LogP contribution < -0.4 is 5.56 Å². The van der Waals surface area contributed by atoms with Crippen molar-refractivity contribution in [2.75, 3.05) is 5.75 Å². The van der Waals surface area contributed by atoms with Crippen LogP contribution in [-0.4, -0.2) is 32.6 Å². The molecular formula is C21H25N3O3S2. The summed E-state index contributed by atoms with van der Waals surface area (Å²) in [5.41, 5.74) is 1.14. The molecule has 0 saturated carbocycles. The summed E-state index contributed by atoms with van der Waals surface area (Å²) in [6, 6.07) is 3.90. The molecule has 3 aromatic heterocycles. The van der Waals surface area contributed by atoms with Crippen molar-refractivity contribution in [2.24, 2.45) is 0 Å². The number of aromatic amines is 1. The maximum atomic E-state index is 12.7. The molecule has 0 spiro atoms. The summed E-state index contributed by atoms with van der Waals surface area (Å²) in [6.07, 6.45) is 3.15. The van der Waals surface area contributed by atoms with Crippen LogP contribution in [0.4, 0.5) is 0 Å². The van der Waals surface area contributed by atoms with Gasteiger partial charge in [-0.25, -0.2) is 4.98 Å². The van der Waals surface area contributed by atoms with Gasteiger partial charge in [0.2, 0.25) is 5.91 Å². The van der Waals surface area contributed by atoms with Crippen molar-refractivity contribution in [1.29, 1.82) is 0 Å². The van der Waals surface area contributed by atoms with Crippen molar-refractivity contribution >= 4 is 39.2 Å². The van der Waals surface area contributed by atoms with Crippen molar-refractivity contribution in [3.8, 4) is 0 Å². The lowest BCUT2D eigenvalue weighted by Crippen LogP contribution is -2.37. The van der Waals surface area contributed by atoms with Crippen LogP contribution in [0.25, 0.3) is 10.2 Å². The maximum Gasteiger partial charge on any atom is 0.259 e. The quantitative estimate of drug-likeness (QED) is 0.611. The summed E-state index contributed by atoms with van der Waals surface area (Å²) in [6.45, 7) is 6.36. The number of aromatic nitrogens is 2. The van der Waals surface area contributed by atoms with Gasteiger partial charge in [0.15, 0.2) is 0 Å². The van der Waals surface area contributed by atoms with Crippen LogP contribution in [0.2, 0.25) is 0 Å².